The molecule has 0 aliphatic heterocycles. The largest absolute Gasteiger partial charge is 0.355 e. The summed E-state index contributed by atoms with van der Waals surface area (Å²) in [6.07, 6.45) is 3.66. The maximum Gasteiger partial charge on any atom is 0.278 e. The third kappa shape index (κ3) is 4.62. The molecule has 4 aromatic rings. The Labute approximate surface area is 191 Å². The molecule has 0 radical (unpaired) electrons. The van der Waals surface area contributed by atoms with Gasteiger partial charge in [-0.2, -0.15) is 0 Å². The number of nitrogens with one attached hydrogen (secondary N) is 2. The molecule has 1 amide bonds. The van der Waals surface area contributed by atoms with Crippen molar-refractivity contribution in [2.75, 3.05) is 11.1 Å². The van der Waals surface area contributed by atoms with Gasteiger partial charge in [0.15, 0.2) is 5.16 Å². The number of amides is 1. The summed E-state index contributed by atoms with van der Waals surface area (Å²) in [5.41, 5.74) is 4.69. The number of anilines is 1. The van der Waals surface area contributed by atoms with E-state index in [1.165, 1.54) is 11.8 Å². The number of nitrogens with zero attached hydrogens (tertiary/aromatic N) is 2. The lowest BCUT2D eigenvalue weighted by Gasteiger charge is -2.12. The number of hydrogen-bond donors (Lipinski definition) is 2. The number of unbranched alkanes of at least 4 members (excludes halogenated alkanes) is 1. The molecular formula is C25H26N4O2S. The number of hydrogen-bond acceptors (Lipinski definition) is 4. The van der Waals surface area contributed by atoms with Crippen LogP contribution in [-0.4, -0.2) is 26.2 Å². The van der Waals surface area contributed by atoms with Crippen LogP contribution >= 0.6 is 11.8 Å². The van der Waals surface area contributed by atoms with Crippen LogP contribution < -0.4 is 10.9 Å². The van der Waals surface area contributed by atoms with E-state index in [0.29, 0.717) is 22.7 Å². The van der Waals surface area contributed by atoms with E-state index >= 15 is 0 Å². The summed E-state index contributed by atoms with van der Waals surface area (Å²) in [6, 6.07) is 17.5. The van der Waals surface area contributed by atoms with Crippen molar-refractivity contribution in [1.29, 1.82) is 0 Å². The summed E-state index contributed by atoms with van der Waals surface area (Å²) in [5, 5.41) is 3.51. The molecule has 0 saturated carbocycles. The highest BCUT2D eigenvalue weighted by Crippen LogP contribution is 2.28. The maximum atomic E-state index is 13.3. The van der Waals surface area contributed by atoms with E-state index in [0.717, 1.165) is 35.2 Å². The molecule has 0 spiro atoms. The minimum Gasteiger partial charge on any atom is -0.355 e. The Morgan fingerprint density at radius 3 is 2.62 bits per heavy atom. The van der Waals surface area contributed by atoms with E-state index in [9.17, 15) is 9.59 Å². The van der Waals surface area contributed by atoms with Crippen LogP contribution in [-0.2, 0) is 11.3 Å². The molecule has 0 atom stereocenters. The van der Waals surface area contributed by atoms with Gasteiger partial charge in [0.1, 0.15) is 11.0 Å². The molecular weight excluding hydrogens is 420 g/mol. The third-order valence-corrected chi connectivity index (χ3v) is 6.30. The standard InChI is InChI=1S/C25H26N4O2S/c1-3-4-14-29-24(31)23-22(19(15-26-23)18-11-6-5-7-12-18)28-25(29)32-16-21(30)27-20-13-9-8-10-17(20)2/h5-13,15,26H,3-4,14,16H2,1-2H3,(H,27,30). The first kappa shape index (κ1) is 21.9. The van der Waals surface area contributed by atoms with Gasteiger partial charge in [0.25, 0.3) is 5.56 Å². The lowest BCUT2D eigenvalue weighted by Crippen LogP contribution is -2.24. The van der Waals surface area contributed by atoms with Crippen molar-refractivity contribution >= 4 is 34.4 Å². The van der Waals surface area contributed by atoms with Gasteiger partial charge in [0.2, 0.25) is 5.91 Å². The van der Waals surface area contributed by atoms with Crippen molar-refractivity contribution in [3.05, 3.63) is 76.7 Å². The van der Waals surface area contributed by atoms with E-state index in [4.69, 9.17) is 4.98 Å². The van der Waals surface area contributed by atoms with Gasteiger partial charge < -0.3 is 10.3 Å². The first-order valence-electron chi connectivity index (χ1n) is 10.7. The topological polar surface area (TPSA) is 79.8 Å². The molecule has 0 unspecified atom stereocenters. The number of carbonyl (C=O) groups is 1. The second-order valence-corrected chi connectivity index (χ2v) is 8.59. The van der Waals surface area contributed by atoms with Gasteiger partial charge in [-0.15, -0.1) is 0 Å². The first-order valence-corrected chi connectivity index (χ1v) is 11.7. The fourth-order valence-corrected chi connectivity index (χ4v) is 4.38. The second kappa shape index (κ2) is 9.87. The Bertz CT molecular complexity index is 1290. The summed E-state index contributed by atoms with van der Waals surface area (Å²) >= 11 is 1.29. The highest BCUT2D eigenvalue weighted by atomic mass is 32.2. The van der Waals surface area contributed by atoms with Crippen molar-refractivity contribution in [1.82, 2.24) is 14.5 Å². The van der Waals surface area contributed by atoms with Gasteiger partial charge in [0, 0.05) is 24.0 Å². The van der Waals surface area contributed by atoms with Crippen LogP contribution in [0.15, 0.2) is 70.7 Å². The van der Waals surface area contributed by atoms with Gasteiger partial charge in [-0.25, -0.2) is 4.98 Å². The molecule has 2 aromatic carbocycles. The molecule has 0 aliphatic rings. The molecule has 7 heteroatoms. The average Bonchev–Trinajstić information content (AvgIpc) is 3.23. The number of H-pyrrole nitrogens is 1. The zero-order chi connectivity index (χ0) is 22.5. The Morgan fingerprint density at radius 2 is 1.88 bits per heavy atom. The van der Waals surface area contributed by atoms with E-state index < -0.39 is 0 Å². The van der Waals surface area contributed by atoms with E-state index in [-0.39, 0.29) is 17.2 Å². The molecule has 0 bridgehead atoms. The van der Waals surface area contributed by atoms with E-state index in [1.54, 1.807) is 4.57 Å². The van der Waals surface area contributed by atoms with Crippen LogP contribution in [0.3, 0.4) is 0 Å². The van der Waals surface area contributed by atoms with Crippen LogP contribution in [0.25, 0.3) is 22.2 Å². The molecule has 0 aliphatic carbocycles. The van der Waals surface area contributed by atoms with Crippen LogP contribution in [0.5, 0.6) is 0 Å². The van der Waals surface area contributed by atoms with Gasteiger partial charge in [-0.1, -0.05) is 73.6 Å². The van der Waals surface area contributed by atoms with Crippen molar-refractivity contribution in [3.63, 3.8) is 0 Å². The smallest absolute Gasteiger partial charge is 0.278 e. The molecule has 4 rings (SSSR count). The average molecular weight is 447 g/mol. The predicted octanol–water partition coefficient (Wildman–Crippen LogP) is 5.23. The summed E-state index contributed by atoms with van der Waals surface area (Å²) in [6.45, 7) is 4.61. The zero-order valence-electron chi connectivity index (χ0n) is 18.2. The second-order valence-electron chi connectivity index (χ2n) is 7.65. The molecule has 32 heavy (non-hydrogen) atoms. The lowest BCUT2D eigenvalue weighted by atomic mass is 10.1. The number of aromatic nitrogens is 3. The Hall–Kier alpha value is -3.32. The summed E-state index contributed by atoms with van der Waals surface area (Å²) < 4.78 is 1.68. The first-order chi connectivity index (χ1) is 15.6. The normalized spacial score (nSPS) is 11.1. The van der Waals surface area contributed by atoms with Crippen molar-refractivity contribution in [2.24, 2.45) is 0 Å². The van der Waals surface area contributed by atoms with Crippen LogP contribution in [0.1, 0.15) is 25.3 Å². The number of thioether (sulfide) groups is 1. The molecule has 164 valence electrons. The number of aryl methyl sites for hydroxylation is 1. The fraction of sp³-hybridized carbons (Fsp3) is 0.240. The minimum absolute atomic E-state index is 0.104. The Morgan fingerprint density at radius 1 is 1.12 bits per heavy atom. The monoisotopic (exact) mass is 446 g/mol. The van der Waals surface area contributed by atoms with Gasteiger partial charge in [-0.3, -0.25) is 14.2 Å². The van der Waals surface area contributed by atoms with Crippen LogP contribution in [0, 0.1) is 6.92 Å². The van der Waals surface area contributed by atoms with Crippen molar-refractivity contribution in [2.45, 2.75) is 38.4 Å². The van der Waals surface area contributed by atoms with E-state index in [2.05, 4.69) is 17.2 Å². The summed E-state index contributed by atoms with van der Waals surface area (Å²) in [5.74, 6) is 0.0433. The number of rotatable bonds is 8. The lowest BCUT2D eigenvalue weighted by molar-refractivity contribution is -0.113. The summed E-state index contributed by atoms with van der Waals surface area (Å²) in [4.78, 5) is 33.8. The zero-order valence-corrected chi connectivity index (χ0v) is 19.0. The van der Waals surface area contributed by atoms with Crippen LogP contribution in [0.4, 0.5) is 5.69 Å². The highest BCUT2D eigenvalue weighted by Gasteiger charge is 2.17. The SMILES string of the molecule is CCCCn1c(SCC(=O)Nc2ccccc2C)nc2c(-c3ccccc3)c[nH]c2c1=O. The Kier molecular flexibility index (Phi) is 6.75. The molecule has 6 nitrogen and oxygen atoms in total. The van der Waals surface area contributed by atoms with Gasteiger partial charge in [0.05, 0.1) is 5.75 Å². The van der Waals surface area contributed by atoms with E-state index in [1.807, 2.05) is 67.7 Å². The van der Waals surface area contributed by atoms with Gasteiger partial charge in [-0.05, 0) is 30.5 Å². The number of aromatic amines is 1. The summed E-state index contributed by atoms with van der Waals surface area (Å²) in [7, 11) is 0. The third-order valence-electron chi connectivity index (χ3n) is 5.32. The minimum atomic E-state index is -0.127. The predicted molar refractivity (Wildman–Crippen MR) is 131 cm³/mol. The fourth-order valence-electron chi connectivity index (χ4n) is 3.56. The number of carbonyl (C=O) groups excluding carboxylic acids is 1. The molecule has 0 saturated heterocycles. The maximum absolute atomic E-state index is 13.3. The molecule has 2 aromatic heterocycles. The molecule has 2 heterocycles. The van der Waals surface area contributed by atoms with Crippen molar-refractivity contribution < 1.29 is 4.79 Å². The molecule has 2 N–H and O–H groups in total. The number of para-hydroxylation sites is 1. The quantitative estimate of drug-likeness (QED) is 0.287. The van der Waals surface area contributed by atoms with Crippen LogP contribution in [0.2, 0.25) is 0 Å². The number of fused-ring (bicyclic) bond motifs is 1. The highest BCUT2D eigenvalue weighted by molar-refractivity contribution is 7.99. The number of benzene rings is 2. The molecule has 0 fully saturated rings. The van der Waals surface area contributed by atoms with Crippen molar-refractivity contribution in [3.8, 4) is 11.1 Å². The van der Waals surface area contributed by atoms with Gasteiger partial charge >= 0.3 is 0 Å². The Balaban J connectivity index is 1.66.